The molecule has 7 nitrogen and oxygen atoms in total. The highest BCUT2D eigenvalue weighted by molar-refractivity contribution is 5.25. The molecule has 2 N–H and O–H groups in total. The third-order valence-corrected chi connectivity index (χ3v) is 5.15. The summed E-state index contributed by atoms with van der Waals surface area (Å²) in [5, 5.41) is 24.3. The van der Waals surface area contributed by atoms with E-state index in [1.165, 1.54) is 6.33 Å². The Morgan fingerprint density at radius 2 is 2.25 bits per heavy atom. The molecule has 0 radical (unpaired) electrons. The van der Waals surface area contributed by atoms with Gasteiger partial charge in [-0.1, -0.05) is 13.3 Å². The maximum absolute atomic E-state index is 10.3. The molecule has 0 aliphatic carbocycles. The highest BCUT2D eigenvalue weighted by atomic mass is 16.3. The number of nitrogens with zero attached hydrogens (tertiary/aromatic N) is 5. The summed E-state index contributed by atoms with van der Waals surface area (Å²) >= 11 is 0. The molecule has 7 heteroatoms. The van der Waals surface area contributed by atoms with Crippen LogP contribution in [0.2, 0.25) is 0 Å². The number of aliphatic hydroxyl groups excluding tert-OH is 2. The van der Waals surface area contributed by atoms with Gasteiger partial charge in [-0.05, 0) is 37.8 Å². The lowest BCUT2D eigenvalue weighted by Crippen LogP contribution is -2.53. The Kier molecular flexibility index (Phi) is 5.43. The van der Waals surface area contributed by atoms with E-state index in [2.05, 4.69) is 26.9 Å². The molecule has 1 aliphatic rings. The highest BCUT2D eigenvalue weighted by Gasteiger charge is 2.41. The van der Waals surface area contributed by atoms with E-state index < -0.39 is 6.10 Å². The third-order valence-electron chi connectivity index (χ3n) is 5.15. The fourth-order valence-electron chi connectivity index (χ4n) is 3.80. The molecule has 3 rings (SSSR count). The molecule has 2 atom stereocenters. The molecule has 1 saturated heterocycles. The second kappa shape index (κ2) is 7.55. The summed E-state index contributed by atoms with van der Waals surface area (Å²) in [7, 11) is 0. The zero-order chi connectivity index (χ0) is 17.0. The van der Waals surface area contributed by atoms with E-state index in [1.807, 2.05) is 12.4 Å². The molecule has 0 spiro atoms. The molecule has 1 fully saturated rings. The molecular weight excluding hydrogens is 306 g/mol. The van der Waals surface area contributed by atoms with Crippen LogP contribution in [0.15, 0.2) is 18.7 Å². The number of likely N-dealkylation sites (tertiary alicyclic amines) is 1. The number of fused-ring (bicyclic) bond motifs is 1. The Bertz CT molecular complexity index is 661. The van der Waals surface area contributed by atoms with Gasteiger partial charge in [0.15, 0.2) is 0 Å². The van der Waals surface area contributed by atoms with Crippen molar-refractivity contribution < 1.29 is 10.2 Å². The Labute approximate surface area is 142 Å². The monoisotopic (exact) mass is 333 g/mol. The summed E-state index contributed by atoms with van der Waals surface area (Å²) in [5.74, 6) is 0.621. The predicted octanol–water partition coefficient (Wildman–Crippen LogP) is 0.902. The largest absolute Gasteiger partial charge is 0.396 e. The average Bonchev–Trinajstić information content (AvgIpc) is 3.05. The SMILES string of the molecule is CCC[C@@]1(CO)CN(CCCc2cnc3ncnn3c2)CC[C@@H]1O. The van der Waals surface area contributed by atoms with E-state index in [9.17, 15) is 10.2 Å². The van der Waals surface area contributed by atoms with Crippen LogP contribution in [0.1, 0.15) is 38.2 Å². The van der Waals surface area contributed by atoms with Gasteiger partial charge in [-0.3, -0.25) is 0 Å². The molecule has 24 heavy (non-hydrogen) atoms. The van der Waals surface area contributed by atoms with Crippen molar-refractivity contribution in [3.8, 4) is 0 Å². The summed E-state index contributed by atoms with van der Waals surface area (Å²) in [6, 6.07) is 0. The normalized spacial score (nSPS) is 25.4. The molecule has 0 bridgehead atoms. The van der Waals surface area contributed by atoms with Crippen LogP contribution < -0.4 is 0 Å². The van der Waals surface area contributed by atoms with Crippen molar-refractivity contribution in [1.29, 1.82) is 0 Å². The molecule has 0 amide bonds. The molecule has 2 aromatic heterocycles. The van der Waals surface area contributed by atoms with Gasteiger partial charge in [0, 0.05) is 30.9 Å². The van der Waals surface area contributed by atoms with E-state index in [4.69, 9.17) is 0 Å². The molecule has 0 saturated carbocycles. The number of aryl methyl sites for hydroxylation is 1. The van der Waals surface area contributed by atoms with Crippen LogP contribution >= 0.6 is 0 Å². The first kappa shape index (κ1) is 17.3. The molecule has 2 aromatic rings. The van der Waals surface area contributed by atoms with Crippen LogP contribution in [-0.4, -0.2) is 67.0 Å². The maximum Gasteiger partial charge on any atom is 0.252 e. The lowest BCUT2D eigenvalue weighted by atomic mass is 9.74. The summed E-state index contributed by atoms with van der Waals surface area (Å²) in [6.07, 6.45) is 9.50. The molecule has 3 heterocycles. The summed E-state index contributed by atoms with van der Waals surface area (Å²) in [5.41, 5.74) is 0.792. The van der Waals surface area contributed by atoms with Gasteiger partial charge in [-0.25, -0.2) is 9.50 Å². The van der Waals surface area contributed by atoms with E-state index in [-0.39, 0.29) is 12.0 Å². The number of rotatable bonds is 7. The van der Waals surface area contributed by atoms with Crippen LogP contribution in [0.25, 0.3) is 5.78 Å². The van der Waals surface area contributed by atoms with E-state index in [0.717, 1.165) is 57.3 Å². The Hall–Kier alpha value is -1.57. The minimum atomic E-state index is -0.391. The number of piperidine rings is 1. The standard InChI is InChI=1S/C17H27N5O2/c1-2-6-17(12-23)11-21(8-5-15(17)24)7-3-4-14-9-18-16-19-13-20-22(16)10-14/h9-10,13,15,23-24H,2-8,11-12H2,1H3/t15-,17-/m0/s1. The van der Waals surface area contributed by atoms with Crippen LogP contribution in [0.5, 0.6) is 0 Å². The first-order valence-electron chi connectivity index (χ1n) is 8.82. The molecule has 1 aliphatic heterocycles. The van der Waals surface area contributed by atoms with Crippen molar-refractivity contribution in [3.63, 3.8) is 0 Å². The molecular formula is C17H27N5O2. The quantitative estimate of drug-likeness (QED) is 0.783. The third kappa shape index (κ3) is 3.58. The fourth-order valence-corrected chi connectivity index (χ4v) is 3.80. The molecule has 0 aromatic carbocycles. The minimum absolute atomic E-state index is 0.0609. The Balaban J connectivity index is 1.54. The van der Waals surface area contributed by atoms with E-state index >= 15 is 0 Å². The Morgan fingerprint density at radius 3 is 3.04 bits per heavy atom. The fraction of sp³-hybridized carbons (Fsp3) is 0.706. The van der Waals surface area contributed by atoms with Gasteiger partial charge in [0.1, 0.15) is 6.33 Å². The summed E-state index contributed by atoms with van der Waals surface area (Å²) < 4.78 is 1.70. The Morgan fingerprint density at radius 1 is 1.38 bits per heavy atom. The highest BCUT2D eigenvalue weighted by Crippen LogP contribution is 2.34. The van der Waals surface area contributed by atoms with Gasteiger partial charge in [-0.15, -0.1) is 0 Å². The second-order valence-electron chi connectivity index (χ2n) is 6.92. The number of aromatic nitrogens is 4. The lowest BCUT2D eigenvalue weighted by Gasteiger charge is -2.45. The summed E-state index contributed by atoms with van der Waals surface area (Å²) in [4.78, 5) is 10.7. The van der Waals surface area contributed by atoms with Crippen molar-refractivity contribution >= 4 is 5.78 Å². The van der Waals surface area contributed by atoms with Gasteiger partial charge in [0.05, 0.1) is 12.7 Å². The smallest absolute Gasteiger partial charge is 0.252 e. The lowest BCUT2D eigenvalue weighted by molar-refractivity contribution is -0.0800. The van der Waals surface area contributed by atoms with Gasteiger partial charge < -0.3 is 15.1 Å². The van der Waals surface area contributed by atoms with Crippen LogP contribution in [0.3, 0.4) is 0 Å². The van der Waals surface area contributed by atoms with Crippen LogP contribution in [-0.2, 0) is 6.42 Å². The topological polar surface area (TPSA) is 86.8 Å². The van der Waals surface area contributed by atoms with Crippen molar-refractivity contribution in [2.24, 2.45) is 5.41 Å². The van der Waals surface area contributed by atoms with E-state index in [1.54, 1.807) is 4.52 Å². The number of aliphatic hydroxyl groups is 2. The van der Waals surface area contributed by atoms with Crippen molar-refractivity contribution in [2.75, 3.05) is 26.2 Å². The number of hydrogen-bond donors (Lipinski definition) is 2. The van der Waals surface area contributed by atoms with Crippen molar-refractivity contribution in [2.45, 2.75) is 45.1 Å². The maximum atomic E-state index is 10.3. The van der Waals surface area contributed by atoms with Gasteiger partial charge in [0.2, 0.25) is 0 Å². The second-order valence-corrected chi connectivity index (χ2v) is 6.92. The molecule has 0 unspecified atom stereocenters. The van der Waals surface area contributed by atoms with Crippen molar-refractivity contribution in [3.05, 3.63) is 24.3 Å². The van der Waals surface area contributed by atoms with Gasteiger partial charge in [-0.2, -0.15) is 10.1 Å². The zero-order valence-corrected chi connectivity index (χ0v) is 14.3. The van der Waals surface area contributed by atoms with Crippen LogP contribution in [0.4, 0.5) is 0 Å². The summed E-state index contributed by atoms with van der Waals surface area (Å²) in [6.45, 7) is 4.81. The zero-order valence-electron chi connectivity index (χ0n) is 14.3. The number of hydrogen-bond acceptors (Lipinski definition) is 6. The van der Waals surface area contributed by atoms with Crippen molar-refractivity contribution in [1.82, 2.24) is 24.5 Å². The van der Waals surface area contributed by atoms with Crippen LogP contribution in [0, 0.1) is 5.41 Å². The first-order valence-corrected chi connectivity index (χ1v) is 8.82. The van der Waals surface area contributed by atoms with Gasteiger partial charge in [0.25, 0.3) is 5.78 Å². The van der Waals surface area contributed by atoms with E-state index in [0.29, 0.717) is 5.78 Å². The minimum Gasteiger partial charge on any atom is -0.396 e. The molecule has 132 valence electrons. The predicted molar refractivity (Wildman–Crippen MR) is 90.6 cm³/mol. The first-order chi connectivity index (χ1) is 11.7. The van der Waals surface area contributed by atoms with Gasteiger partial charge >= 0.3 is 0 Å². The average molecular weight is 333 g/mol.